The fourth-order valence-electron chi connectivity index (χ4n) is 2.53. The number of benzene rings is 2. The van der Waals surface area contributed by atoms with Gasteiger partial charge >= 0.3 is 0 Å². The highest BCUT2D eigenvalue weighted by atomic mass is 16.3. The Balaban J connectivity index is 1.67. The molecular weight excluding hydrogens is 244 g/mol. The van der Waals surface area contributed by atoms with Crippen LogP contribution in [0.5, 0.6) is 0 Å². The van der Waals surface area contributed by atoms with Crippen molar-refractivity contribution in [1.29, 1.82) is 0 Å². The van der Waals surface area contributed by atoms with Crippen molar-refractivity contribution in [2.24, 2.45) is 0 Å². The molecule has 2 rings (SSSR count). The molecule has 0 aliphatic heterocycles. The normalized spacial score (nSPS) is 12.3. The monoisotopic (exact) mass is 268 g/mol. The Bertz CT molecular complexity index is 504. The highest BCUT2D eigenvalue weighted by Crippen LogP contribution is 2.12. The van der Waals surface area contributed by atoms with Gasteiger partial charge in [-0.1, -0.05) is 60.2 Å². The Kier molecular flexibility index (Phi) is 5.82. The predicted octanol–water partition coefficient (Wildman–Crippen LogP) is 4.31. The molecule has 0 heterocycles. The standard InChI is InChI=1S/C19H24O/c1-16-7-5-11-18(15-16)13-14-19(20)12-6-10-17-8-3-2-4-9-17/h2-5,7-9,11,15,19-20H,6,10,12-14H2,1H3. The fraction of sp³-hybridized carbons (Fsp3) is 0.368. The molecule has 2 aromatic carbocycles. The van der Waals surface area contributed by atoms with Gasteiger partial charge in [0.2, 0.25) is 0 Å². The maximum Gasteiger partial charge on any atom is 0.0543 e. The van der Waals surface area contributed by atoms with E-state index in [1.807, 2.05) is 6.07 Å². The van der Waals surface area contributed by atoms with E-state index in [4.69, 9.17) is 0 Å². The molecule has 1 nitrogen and oxygen atoms in total. The summed E-state index contributed by atoms with van der Waals surface area (Å²) in [6.07, 6.45) is 4.65. The van der Waals surface area contributed by atoms with Crippen molar-refractivity contribution >= 4 is 0 Å². The molecule has 0 spiro atoms. The summed E-state index contributed by atoms with van der Waals surface area (Å²) >= 11 is 0. The van der Waals surface area contributed by atoms with Gasteiger partial charge in [0.05, 0.1) is 6.10 Å². The Morgan fingerprint density at radius 1 is 0.850 bits per heavy atom. The van der Waals surface area contributed by atoms with E-state index >= 15 is 0 Å². The molecule has 0 saturated heterocycles. The van der Waals surface area contributed by atoms with Gasteiger partial charge in [0.25, 0.3) is 0 Å². The third-order valence-corrected chi connectivity index (χ3v) is 3.69. The van der Waals surface area contributed by atoms with E-state index in [0.29, 0.717) is 0 Å². The number of hydrogen-bond acceptors (Lipinski definition) is 1. The summed E-state index contributed by atoms with van der Waals surface area (Å²) in [6, 6.07) is 19.0. The zero-order chi connectivity index (χ0) is 14.2. The number of hydrogen-bond donors (Lipinski definition) is 1. The SMILES string of the molecule is Cc1cccc(CCC(O)CCCc2ccccc2)c1. The van der Waals surface area contributed by atoms with E-state index in [1.54, 1.807) is 0 Å². The zero-order valence-electron chi connectivity index (χ0n) is 12.3. The van der Waals surface area contributed by atoms with Crippen LogP contribution in [0.15, 0.2) is 54.6 Å². The van der Waals surface area contributed by atoms with Crippen LogP contribution in [0.3, 0.4) is 0 Å². The van der Waals surface area contributed by atoms with Crippen molar-refractivity contribution in [3.05, 3.63) is 71.3 Å². The number of aliphatic hydroxyl groups is 1. The van der Waals surface area contributed by atoms with Gasteiger partial charge in [-0.15, -0.1) is 0 Å². The summed E-state index contributed by atoms with van der Waals surface area (Å²) in [5.41, 5.74) is 3.98. The third kappa shape index (κ3) is 5.18. The summed E-state index contributed by atoms with van der Waals surface area (Å²) in [7, 11) is 0. The predicted molar refractivity (Wildman–Crippen MR) is 84.9 cm³/mol. The van der Waals surface area contributed by atoms with Crippen LogP contribution in [0.25, 0.3) is 0 Å². The second-order valence-electron chi connectivity index (χ2n) is 5.56. The highest BCUT2D eigenvalue weighted by Gasteiger charge is 2.05. The first-order chi connectivity index (χ1) is 9.74. The lowest BCUT2D eigenvalue weighted by atomic mass is 10.0. The van der Waals surface area contributed by atoms with Crippen LogP contribution in [0.2, 0.25) is 0 Å². The summed E-state index contributed by atoms with van der Waals surface area (Å²) in [5, 5.41) is 10.1. The molecule has 0 radical (unpaired) electrons. The molecule has 106 valence electrons. The molecule has 0 aromatic heterocycles. The molecular formula is C19H24O. The van der Waals surface area contributed by atoms with Crippen LogP contribution in [0.1, 0.15) is 36.0 Å². The topological polar surface area (TPSA) is 20.2 Å². The first kappa shape index (κ1) is 14.8. The average Bonchev–Trinajstić information content (AvgIpc) is 2.46. The first-order valence-electron chi connectivity index (χ1n) is 7.51. The molecule has 0 aliphatic carbocycles. The van der Waals surface area contributed by atoms with Gasteiger partial charge in [0.1, 0.15) is 0 Å². The van der Waals surface area contributed by atoms with Crippen molar-refractivity contribution in [3.8, 4) is 0 Å². The minimum absolute atomic E-state index is 0.181. The van der Waals surface area contributed by atoms with Crippen LogP contribution in [0, 0.1) is 6.92 Å². The molecule has 0 saturated carbocycles. The molecule has 0 fully saturated rings. The largest absolute Gasteiger partial charge is 0.393 e. The van der Waals surface area contributed by atoms with Gasteiger partial charge in [-0.3, -0.25) is 0 Å². The van der Waals surface area contributed by atoms with Gasteiger partial charge in [-0.05, 0) is 50.2 Å². The maximum atomic E-state index is 10.1. The lowest BCUT2D eigenvalue weighted by Gasteiger charge is -2.10. The molecule has 1 atom stereocenters. The van der Waals surface area contributed by atoms with Crippen molar-refractivity contribution < 1.29 is 5.11 Å². The van der Waals surface area contributed by atoms with Crippen LogP contribution in [-0.4, -0.2) is 11.2 Å². The lowest BCUT2D eigenvalue weighted by Crippen LogP contribution is -2.08. The Hall–Kier alpha value is -1.60. The number of aryl methyl sites for hydroxylation is 3. The zero-order valence-corrected chi connectivity index (χ0v) is 12.3. The van der Waals surface area contributed by atoms with Crippen LogP contribution >= 0.6 is 0 Å². The van der Waals surface area contributed by atoms with Crippen molar-refractivity contribution in [1.82, 2.24) is 0 Å². The minimum atomic E-state index is -0.181. The van der Waals surface area contributed by atoms with Gasteiger partial charge in [-0.25, -0.2) is 0 Å². The van der Waals surface area contributed by atoms with E-state index in [2.05, 4.69) is 55.5 Å². The molecule has 0 amide bonds. The highest BCUT2D eigenvalue weighted by molar-refractivity contribution is 5.22. The second kappa shape index (κ2) is 7.86. The summed E-state index contributed by atoms with van der Waals surface area (Å²) in [4.78, 5) is 0. The molecule has 0 bridgehead atoms. The van der Waals surface area contributed by atoms with Crippen LogP contribution in [0.4, 0.5) is 0 Å². The minimum Gasteiger partial charge on any atom is -0.393 e. The van der Waals surface area contributed by atoms with Gasteiger partial charge in [-0.2, -0.15) is 0 Å². The van der Waals surface area contributed by atoms with Gasteiger partial charge in [0, 0.05) is 0 Å². The van der Waals surface area contributed by atoms with Gasteiger partial charge < -0.3 is 5.11 Å². The van der Waals surface area contributed by atoms with E-state index in [9.17, 15) is 5.11 Å². The second-order valence-corrected chi connectivity index (χ2v) is 5.56. The van der Waals surface area contributed by atoms with Crippen molar-refractivity contribution in [2.45, 2.75) is 45.1 Å². The van der Waals surface area contributed by atoms with E-state index in [0.717, 1.165) is 32.1 Å². The summed E-state index contributed by atoms with van der Waals surface area (Å²) in [6.45, 7) is 2.11. The molecule has 0 aliphatic rings. The summed E-state index contributed by atoms with van der Waals surface area (Å²) < 4.78 is 0. The number of aliphatic hydroxyl groups excluding tert-OH is 1. The Morgan fingerprint density at radius 3 is 2.35 bits per heavy atom. The van der Waals surface area contributed by atoms with Crippen molar-refractivity contribution in [2.75, 3.05) is 0 Å². The third-order valence-electron chi connectivity index (χ3n) is 3.69. The Labute approximate surface area is 122 Å². The maximum absolute atomic E-state index is 10.1. The number of rotatable bonds is 7. The Morgan fingerprint density at radius 2 is 1.60 bits per heavy atom. The van der Waals surface area contributed by atoms with Crippen LogP contribution in [-0.2, 0) is 12.8 Å². The van der Waals surface area contributed by atoms with E-state index in [-0.39, 0.29) is 6.10 Å². The first-order valence-corrected chi connectivity index (χ1v) is 7.51. The fourth-order valence-corrected chi connectivity index (χ4v) is 2.53. The average molecular weight is 268 g/mol. The van der Waals surface area contributed by atoms with E-state index < -0.39 is 0 Å². The van der Waals surface area contributed by atoms with E-state index in [1.165, 1.54) is 16.7 Å². The van der Waals surface area contributed by atoms with Crippen molar-refractivity contribution in [3.63, 3.8) is 0 Å². The molecule has 2 aromatic rings. The smallest absolute Gasteiger partial charge is 0.0543 e. The molecule has 1 N–H and O–H groups in total. The lowest BCUT2D eigenvalue weighted by molar-refractivity contribution is 0.152. The van der Waals surface area contributed by atoms with Gasteiger partial charge in [0.15, 0.2) is 0 Å². The molecule has 20 heavy (non-hydrogen) atoms. The quantitative estimate of drug-likeness (QED) is 0.793. The molecule has 1 unspecified atom stereocenters. The summed E-state index contributed by atoms with van der Waals surface area (Å²) in [5.74, 6) is 0. The van der Waals surface area contributed by atoms with Crippen LogP contribution < -0.4 is 0 Å². The molecule has 1 heteroatoms.